The van der Waals surface area contributed by atoms with E-state index >= 15 is 0 Å². The van der Waals surface area contributed by atoms with Gasteiger partial charge in [-0.2, -0.15) is 13.2 Å². The van der Waals surface area contributed by atoms with E-state index in [2.05, 4.69) is 4.74 Å². The van der Waals surface area contributed by atoms with Crippen LogP contribution in [0.4, 0.5) is 22.0 Å². The number of halogens is 5. The van der Waals surface area contributed by atoms with Gasteiger partial charge in [-0.05, 0) is 0 Å². The normalized spacial score (nSPS) is 15.9. The first-order chi connectivity index (χ1) is 4.39. The number of hydrogen-bond acceptors (Lipinski definition) is 1. The predicted octanol–water partition coefficient (Wildman–Crippen LogP) is 1.83. The fraction of sp³-hybridized carbons (Fsp3) is 1.00. The molecule has 0 aliphatic rings. The average molecular weight is 164 g/mol. The van der Waals surface area contributed by atoms with Crippen LogP contribution in [0, 0.1) is 0 Å². The molecule has 0 aromatic heterocycles. The van der Waals surface area contributed by atoms with Gasteiger partial charge in [-0.25, -0.2) is 8.78 Å². The van der Waals surface area contributed by atoms with Gasteiger partial charge in [-0.15, -0.1) is 0 Å². The molecule has 62 valence electrons. The van der Waals surface area contributed by atoms with Crippen LogP contribution in [0.15, 0.2) is 0 Å². The molecular formula is C4H5F5O. The number of ether oxygens (including phenoxy) is 1. The van der Waals surface area contributed by atoms with Crippen molar-refractivity contribution in [3.05, 3.63) is 0 Å². The van der Waals surface area contributed by atoms with Gasteiger partial charge in [0.05, 0.1) is 0 Å². The van der Waals surface area contributed by atoms with Gasteiger partial charge in [-0.3, -0.25) is 0 Å². The van der Waals surface area contributed by atoms with Gasteiger partial charge in [0.2, 0.25) is 6.10 Å². The van der Waals surface area contributed by atoms with Crippen LogP contribution in [0.5, 0.6) is 0 Å². The molecule has 0 radical (unpaired) electrons. The molecule has 0 bridgehead atoms. The molecule has 0 saturated carbocycles. The zero-order valence-corrected chi connectivity index (χ0v) is 4.95. The summed E-state index contributed by atoms with van der Waals surface area (Å²) in [5, 5.41) is 0. The highest BCUT2D eigenvalue weighted by Crippen LogP contribution is 2.26. The maximum absolute atomic E-state index is 11.4. The predicted molar refractivity (Wildman–Crippen MR) is 22.9 cm³/mol. The number of methoxy groups -OCH3 is 1. The molecule has 0 spiro atoms. The Balaban J connectivity index is 4.07. The highest BCUT2D eigenvalue weighted by molar-refractivity contribution is 4.68. The summed E-state index contributed by atoms with van der Waals surface area (Å²) in [4.78, 5) is 0. The van der Waals surface area contributed by atoms with Crippen molar-refractivity contribution in [1.82, 2.24) is 0 Å². The molecule has 0 aliphatic heterocycles. The zero-order valence-electron chi connectivity index (χ0n) is 4.95. The Labute approximate surface area is 53.8 Å². The highest BCUT2D eigenvalue weighted by atomic mass is 19.4. The molecular weight excluding hydrogens is 159 g/mol. The lowest BCUT2D eigenvalue weighted by molar-refractivity contribution is -0.245. The Bertz CT molecular complexity index is 98.3. The van der Waals surface area contributed by atoms with E-state index in [1.165, 1.54) is 0 Å². The van der Waals surface area contributed by atoms with Crippen molar-refractivity contribution >= 4 is 0 Å². The largest absolute Gasteiger partial charge is 0.420 e. The first-order valence-corrected chi connectivity index (χ1v) is 2.27. The molecule has 0 rings (SSSR count). The summed E-state index contributed by atoms with van der Waals surface area (Å²) in [5.41, 5.74) is 0. The fourth-order valence-corrected chi connectivity index (χ4v) is 0.379. The first-order valence-electron chi connectivity index (χ1n) is 2.27. The molecule has 1 unspecified atom stereocenters. The van der Waals surface area contributed by atoms with E-state index < -0.39 is 18.7 Å². The molecule has 0 heterocycles. The van der Waals surface area contributed by atoms with Gasteiger partial charge in [0.25, 0.3) is 6.43 Å². The first kappa shape index (κ1) is 9.61. The Morgan fingerprint density at radius 3 is 1.60 bits per heavy atom. The monoisotopic (exact) mass is 164 g/mol. The van der Waals surface area contributed by atoms with Crippen molar-refractivity contribution in [2.75, 3.05) is 7.11 Å². The summed E-state index contributed by atoms with van der Waals surface area (Å²) < 4.78 is 60.3. The number of hydrogen-bond donors (Lipinski definition) is 0. The van der Waals surface area contributed by atoms with E-state index in [0.717, 1.165) is 0 Å². The van der Waals surface area contributed by atoms with Crippen LogP contribution in [0.25, 0.3) is 0 Å². The summed E-state index contributed by atoms with van der Waals surface area (Å²) >= 11 is 0. The Morgan fingerprint density at radius 1 is 1.20 bits per heavy atom. The summed E-state index contributed by atoms with van der Waals surface area (Å²) in [6, 6.07) is 0. The Kier molecular flexibility index (Phi) is 3.01. The SMILES string of the molecule is COC(C(F)F)C(F)(F)F. The molecule has 1 atom stereocenters. The molecule has 10 heavy (non-hydrogen) atoms. The van der Waals surface area contributed by atoms with E-state index in [1.807, 2.05) is 0 Å². The van der Waals surface area contributed by atoms with Crippen molar-refractivity contribution in [2.24, 2.45) is 0 Å². The molecule has 1 nitrogen and oxygen atoms in total. The van der Waals surface area contributed by atoms with E-state index in [9.17, 15) is 22.0 Å². The summed E-state index contributed by atoms with van der Waals surface area (Å²) in [5.74, 6) is 0. The second-order valence-corrected chi connectivity index (χ2v) is 1.53. The topological polar surface area (TPSA) is 9.23 Å². The minimum absolute atomic E-state index is 0.588. The molecule has 6 heteroatoms. The summed E-state index contributed by atoms with van der Waals surface area (Å²) in [6.45, 7) is 0. The van der Waals surface area contributed by atoms with Crippen molar-refractivity contribution in [2.45, 2.75) is 18.7 Å². The molecule has 0 saturated heterocycles. The molecule has 0 aromatic rings. The van der Waals surface area contributed by atoms with Gasteiger partial charge >= 0.3 is 6.18 Å². The van der Waals surface area contributed by atoms with Gasteiger partial charge < -0.3 is 4.74 Å². The molecule has 0 N–H and O–H groups in total. The average Bonchev–Trinajstić information content (AvgIpc) is 1.60. The van der Waals surface area contributed by atoms with Gasteiger partial charge in [0.15, 0.2) is 0 Å². The maximum Gasteiger partial charge on any atom is 0.420 e. The summed E-state index contributed by atoms with van der Waals surface area (Å²) in [6.07, 6.45) is -11.5. The standard InChI is InChI=1S/C4H5F5O/c1-10-2(3(5)6)4(7,8)9/h2-3H,1H3. The number of rotatable bonds is 2. The van der Waals surface area contributed by atoms with E-state index in [-0.39, 0.29) is 0 Å². The van der Waals surface area contributed by atoms with E-state index in [1.54, 1.807) is 0 Å². The van der Waals surface area contributed by atoms with E-state index in [4.69, 9.17) is 0 Å². The van der Waals surface area contributed by atoms with Crippen LogP contribution < -0.4 is 0 Å². The van der Waals surface area contributed by atoms with Crippen molar-refractivity contribution in [3.8, 4) is 0 Å². The Morgan fingerprint density at radius 2 is 1.60 bits per heavy atom. The smallest absolute Gasteiger partial charge is 0.367 e. The van der Waals surface area contributed by atoms with Crippen LogP contribution >= 0.6 is 0 Å². The third-order valence-corrected chi connectivity index (χ3v) is 0.805. The van der Waals surface area contributed by atoms with Crippen LogP contribution in [0.2, 0.25) is 0 Å². The van der Waals surface area contributed by atoms with Crippen molar-refractivity contribution in [3.63, 3.8) is 0 Å². The van der Waals surface area contributed by atoms with Crippen LogP contribution in [-0.2, 0) is 4.74 Å². The van der Waals surface area contributed by atoms with Crippen molar-refractivity contribution in [1.29, 1.82) is 0 Å². The molecule has 0 aliphatic carbocycles. The van der Waals surface area contributed by atoms with Gasteiger partial charge in [-0.1, -0.05) is 0 Å². The second kappa shape index (κ2) is 3.14. The van der Waals surface area contributed by atoms with Crippen molar-refractivity contribution < 1.29 is 26.7 Å². The molecule has 0 amide bonds. The lowest BCUT2D eigenvalue weighted by atomic mass is 10.4. The van der Waals surface area contributed by atoms with Gasteiger partial charge in [0, 0.05) is 7.11 Å². The van der Waals surface area contributed by atoms with Crippen LogP contribution in [0.3, 0.4) is 0 Å². The minimum Gasteiger partial charge on any atom is -0.367 e. The van der Waals surface area contributed by atoms with Crippen LogP contribution in [-0.4, -0.2) is 25.8 Å². The lowest BCUT2D eigenvalue weighted by Gasteiger charge is -2.16. The minimum atomic E-state index is -4.98. The fourth-order valence-electron chi connectivity index (χ4n) is 0.379. The second-order valence-electron chi connectivity index (χ2n) is 1.53. The maximum atomic E-state index is 11.4. The Hall–Kier alpha value is -0.390. The lowest BCUT2D eigenvalue weighted by Crippen LogP contribution is -2.36. The zero-order chi connectivity index (χ0) is 8.36. The number of alkyl halides is 5. The third-order valence-electron chi connectivity index (χ3n) is 0.805. The van der Waals surface area contributed by atoms with Crippen LogP contribution in [0.1, 0.15) is 0 Å². The quantitative estimate of drug-likeness (QED) is 0.565. The van der Waals surface area contributed by atoms with E-state index in [0.29, 0.717) is 7.11 Å². The van der Waals surface area contributed by atoms with Gasteiger partial charge in [0.1, 0.15) is 0 Å². The highest BCUT2D eigenvalue weighted by Gasteiger charge is 2.46. The molecule has 0 fully saturated rings. The summed E-state index contributed by atoms with van der Waals surface area (Å²) in [7, 11) is 0.588. The third kappa shape index (κ3) is 2.47. The molecule has 0 aromatic carbocycles.